The number of hydrogen-bond acceptors (Lipinski definition) is 2. The van der Waals surface area contributed by atoms with E-state index in [0.29, 0.717) is 11.0 Å². The summed E-state index contributed by atoms with van der Waals surface area (Å²) in [6.45, 7) is 12.3. The van der Waals surface area contributed by atoms with Gasteiger partial charge < -0.3 is 9.53 Å². The molecule has 1 N–H and O–H groups in total. The molecule has 2 nitrogen and oxygen atoms in total. The number of aliphatic hydroxyl groups excluding tert-OH is 1. The van der Waals surface area contributed by atoms with Gasteiger partial charge in [-0.3, -0.25) is 0 Å². The second-order valence-electron chi connectivity index (χ2n) is 6.31. The Morgan fingerprint density at radius 1 is 1.33 bits per heavy atom. The van der Waals surface area contributed by atoms with E-state index in [1.165, 1.54) is 0 Å². The second-order valence-corrected chi connectivity index (χ2v) is 11.1. The summed E-state index contributed by atoms with van der Waals surface area (Å²) in [6.07, 6.45) is 3.25. The van der Waals surface area contributed by atoms with E-state index in [2.05, 4.69) is 33.9 Å². The Kier molecular flexibility index (Phi) is 4.01. The zero-order valence-electron chi connectivity index (χ0n) is 10.8. The summed E-state index contributed by atoms with van der Waals surface area (Å²) in [5, 5.41) is 9.49. The molecular weight excluding hydrogens is 204 g/mol. The molecule has 0 saturated heterocycles. The van der Waals surface area contributed by atoms with Gasteiger partial charge >= 0.3 is 0 Å². The van der Waals surface area contributed by atoms with Crippen molar-refractivity contribution in [2.45, 2.75) is 64.3 Å². The quantitative estimate of drug-likeness (QED) is 0.581. The predicted molar refractivity (Wildman–Crippen MR) is 66.5 cm³/mol. The summed E-state index contributed by atoms with van der Waals surface area (Å²) < 4.78 is 6.06. The van der Waals surface area contributed by atoms with E-state index >= 15 is 0 Å². The first-order chi connectivity index (χ1) is 6.74. The van der Waals surface area contributed by atoms with Gasteiger partial charge in [-0.25, -0.2) is 0 Å². The highest BCUT2D eigenvalue weighted by Gasteiger charge is 2.37. The fourth-order valence-electron chi connectivity index (χ4n) is 1.43. The molecule has 1 aliphatic rings. The maximum Gasteiger partial charge on any atom is 0.191 e. The molecule has 0 aliphatic heterocycles. The topological polar surface area (TPSA) is 29.5 Å². The Morgan fingerprint density at radius 2 is 1.87 bits per heavy atom. The van der Waals surface area contributed by atoms with Gasteiger partial charge in [0.05, 0.1) is 6.10 Å². The third kappa shape index (κ3) is 3.89. The van der Waals surface area contributed by atoms with Crippen LogP contribution in [0.15, 0.2) is 0 Å². The third-order valence-electron chi connectivity index (χ3n) is 3.87. The highest BCUT2D eigenvalue weighted by molar-refractivity contribution is 6.74. The van der Waals surface area contributed by atoms with Crippen molar-refractivity contribution in [3.05, 3.63) is 0 Å². The largest absolute Gasteiger partial charge is 0.417 e. The molecule has 0 aromatic heterocycles. The molecule has 0 bridgehead atoms. The molecule has 1 aliphatic carbocycles. The van der Waals surface area contributed by atoms with Gasteiger partial charge in [0.25, 0.3) is 0 Å². The van der Waals surface area contributed by atoms with Crippen LogP contribution >= 0.6 is 0 Å². The van der Waals surface area contributed by atoms with Crippen molar-refractivity contribution in [2.75, 3.05) is 6.61 Å². The molecule has 1 fully saturated rings. The lowest BCUT2D eigenvalue weighted by Crippen LogP contribution is -2.40. The maximum atomic E-state index is 9.18. The van der Waals surface area contributed by atoms with Crippen molar-refractivity contribution in [2.24, 2.45) is 5.92 Å². The van der Waals surface area contributed by atoms with Crippen LogP contribution in [0.1, 0.15) is 40.0 Å². The van der Waals surface area contributed by atoms with Gasteiger partial charge in [0.1, 0.15) is 0 Å². The number of rotatable bonds is 5. The molecule has 0 unspecified atom stereocenters. The van der Waals surface area contributed by atoms with Crippen LogP contribution in [-0.4, -0.2) is 26.1 Å². The van der Waals surface area contributed by atoms with Crippen molar-refractivity contribution < 1.29 is 9.53 Å². The third-order valence-corrected chi connectivity index (χ3v) is 8.41. The summed E-state index contributed by atoms with van der Waals surface area (Å²) in [7, 11) is -1.54. The summed E-state index contributed by atoms with van der Waals surface area (Å²) in [5.41, 5.74) is 0. The van der Waals surface area contributed by atoms with E-state index in [9.17, 15) is 5.11 Å². The maximum absolute atomic E-state index is 9.18. The van der Waals surface area contributed by atoms with E-state index in [-0.39, 0.29) is 6.10 Å². The molecule has 3 heteroatoms. The van der Waals surface area contributed by atoms with Crippen LogP contribution in [0.25, 0.3) is 0 Å². The fraction of sp³-hybridized carbons (Fsp3) is 1.00. The Hall–Kier alpha value is 0.137. The molecule has 0 aromatic carbocycles. The molecule has 0 spiro atoms. The van der Waals surface area contributed by atoms with Crippen LogP contribution in [0.4, 0.5) is 0 Å². The first-order valence-electron chi connectivity index (χ1n) is 6.06. The highest BCUT2D eigenvalue weighted by Crippen LogP contribution is 2.37. The van der Waals surface area contributed by atoms with Gasteiger partial charge in [0.2, 0.25) is 0 Å². The molecule has 90 valence electrons. The normalized spacial score (nSPS) is 26.8. The molecule has 0 amide bonds. The standard InChI is InChI=1S/C12H26O2Si/c1-12(2,3)15(4,5)14-8-6-7-10-9-11(10)13/h10-11,13H,6-9H2,1-5H3/t10-,11-/m0/s1. The lowest BCUT2D eigenvalue weighted by atomic mass is 10.2. The van der Waals surface area contributed by atoms with Crippen LogP contribution in [-0.2, 0) is 4.43 Å². The second kappa shape index (κ2) is 4.56. The Labute approximate surface area is 95.2 Å². The van der Waals surface area contributed by atoms with Gasteiger partial charge in [-0.1, -0.05) is 20.8 Å². The molecule has 0 heterocycles. The first-order valence-corrected chi connectivity index (χ1v) is 8.97. The Bertz CT molecular complexity index is 208. The van der Waals surface area contributed by atoms with Gasteiger partial charge in [-0.05, 0) is 43.3 Å². The lowest BCUT2D eigenvalue weighted by Gasteiger charge is -2.36. The summed E-state index contributed by atoms with van der Waals surface area (Å²) >= 11 is 0. The van der Waals surface area contributed by atoms with Crippen LogP contribution in [0.5, 0.6) is 0 Å². The van der Waals surface area contributed by atoms with Gasteiger partial charge in [-0.15, -0.1) is 0 Å². The minimum Gasteiger partial charge on any atom is -0.417 e. The minimum absolute atomic E-state index is 0.00197. The average molecular weight is 230 g/mol. The van der Waals surface area contributed by atoms with Crippen molar-refractivity contribution in [1.29, 1.82) is 0 Å². The van der Waals surface area contributed by atoms with Crippen LogP contribution < -0.4 is 0 Å². The smallest absolute Gasteiger partial charge is 0.191 e. The van der Waals surface area contributed by atoms with E-state index in [0.717, 1.165) is 25.9 Å². The van der Waals surface area contributed by atoms with E-state index in [1.54, 1.807) is 0 Å². The summed E-state index contributed by atoms with van der Waals surface area (Å²) in [6, 6.07) is 0. The molecule has 0 radical (unpaired) electrons. The lowest BCUT2D eigenvalue weighted by molar-refractivity contribution is 0.243. The molecule has 2 atom stereocenters. The zero-order valence-corrected chi connectivity index (χ0v) is 11.8. The highest BCUT2D eigenvalue weighted by atomic mass is 28.4. The average Bonchev–Trinajstić information content (AvgIpc) is 2.74. The van der Waals surface area contributed by atoms with Crippen molar-refractivity contribution in [3.63, 3.8) is 0 Å². The molecular formula is C12H26O2Si. The zero-order chi connectivity index (χ0) is 11.7. The van der Waals surface area contributed by atoms with Gasteiger partial charge in [0.15, 0.2) is 8.32 Å². The monoisotopic (exact) mass is 230 g/mol. The first kappa shape index (κ1) is 13.2. The predicted octanol–water partition coefficient (Wildman–Crippen LogP) is 3.17. The van der Waals surface area contributed by atoms with Crippen molar-refractivity contribution in [1.82, 2.24) is 0 Å². The van der Waals surface area contributed by atoms with Gasteiger partial charge in [0, 0.05) is 6.61 Å². The van der Waals surface area contributed by atoms with Gasteiger partial charge in [-0.2, -0.15) is 0 Å². The molecule has 1 rings (SSSR count). The van der Waals surface area contributed by atoms with Crippen molar-refractivity contribution in [3.8, 4) is 0 Å². The van der Waals surface area contributed by atoms with Crippen molar-refractivity contribution >= 4 is 8.32 Å². The molecule has 15 heavy (non-hydrogen) atoms. The fourth-order valence-corrected chi connectivity index (χ4v) is 2.52. The number of hydrogen-bond donors (Lipinski definition) is 1. The minimum atomic E-state index is -1.54. The Balaban J connectivity index is 2.13. The Morgan fingerprint density at radius 3 is 2.27 bits per heavy atom. The molecule has 1 saturated carbocycles. The summed E-state index contributed by atoms with van der Waals surface area (Å²) in [5.74, 6) is 0.577. The van der Waals surface area contributed by atoms with E-state index in [4.69, 9.17) is 4.43 Å². The summed E-state index contributed by atoms with van der Waals surface area (Å²) in [4.78, 5) is 0. The molecule has 0 aromatic rings. The van der Waals surface area contributed by atoms with E-state index < -0.39 is 8.32 Å². The van der Waals surface area contributed by atoms with Crippen LogP contribution in [0, 0.1) is 5.92 Å². The number of aliphatic hydroxyl groups is 1. The van der Waals surface area contributed by atoms with Crippen LogP contribution in [0.2, 0.25) is 18.1 Å². The van der Waals surface area contributed by atoms with E-state index in [1.807, 2.05) is 0 Å². The SMILES string of the molecule is CC(C)(C)[Si](C)(C)OCCC[C@H]1C[C@@H]1O. The van der Waals surface area contributed by atoms with Crippen LogP contribution in [0.3, 0.4) is 0 Å².